The first-order valence-corrected chi connectivity index (χ1v) is 9.38. The molecule has 1 aliphatic heterocycles. The van der Waals surface area contributed by atoms with E-state index in [1.54, 1.807) is 24.3 Å². The Kier molecular flexibility index (Phi) is 5.50. The SMILES string of the molecule is COc1ccccc1NC(=O)Cn1ncc2c(c1=O)N(C(C)C)C(=O)CS2. The lowest BCUT2D eigenvalue weighted by Gasteiger charge is -2.31. The first kappa shape index (κ1) is 19.0. The number of ether oxygens (including phenoxy) is 1. The second kappa shape index (κ2) is 7.83. The third kappa shape index (κ3) is 3.82. The Hall–Kier alpha value is -2.81. The van der Waals surface area contributed by atoms with E-state index in [4.69, 9.17) is 4.74 Å². The topological polar surface area (TPSA) is 93.5 Å². The summed E-state index contributed by atoms with van der Waals surface area (Å²) in [5, 5.41) is 6.80. The van der Waals surface area contributed by atoms with Gasteiger partial charge in [0.1, 0.15) is 18.0 Å². The second-order valence-corrected chi connectivity index (χ2v) is 7.23. The summed E-state index contributed by atoms with van der Waals surface area (Å²) in [4.78, 5) is 39.6. The van der Waals surface area contributed by atoms with Gasteiger partial charge in [0.15, 0.2) is 0 Å². The highest BCUT2D eigenvalue weighted by Crippen LogP contribution is 2.32. The lowest BCUT2D eigenvalue weighted by atomic mass is 10.2. The number of thioether (sulfide) groups is 1. The molecule has 0 aliphatic carbocycles. The van der Waals surface area contributed by atoms with Crippen molar-refractivity contribution < 1.29 is 14.3 Å². The summed E-state index contributed by atoms with van der Waals surface area (Å²) in [6.45, 7) is 3.42. The molecule has 0 spiro atoms. The number of nitrogens with one attached hydrogen (secondary N) is 1. The molecule has 142 valence electrons. The van der Waals surface area contributed by atoms with E-state index in [-0.39, 0.29) is 29.9 Å². The normalized spacial score (nSPS) is 13.5. The predicted molar refractivity (Wildman–Crippen MR) is 103 cm³/mol. The molecule has 0 saturated heterocycles. The van der Waals surface area contributed by atoms with Gasteiger partial charge in [-0.2, -0.15) is 5.10 Å². The fourth-order valence-electron chi connectivity index (χ4n) is 2.86. The van der Waals surface area contributed by atoms with Crippen LogP contribution >= 0.6 is 11.8 Å². The average Bonchev–Trinajstić information content (AvgIpc) is 2.64. The number of carbonyl (C=O) groups is 2. The van der Waals surface area contributed by atoms with Gasteiger partial charge in [0.25, 0.3) is 5.56 Å². The highest BCUT2D eigenvalue weighted by atomic mass is 32.2. The zero-order valence-corrected chi connectivity index (χ0v) is 16.1. The largest absolute Gasteiger partial charge is 0.495 e. The van der Waals surface area contributed by atoms with Crippen LogP contribution in [0.15, 0.2) is 40.2 Å². The molecule has 2 heterocycles. The summed E-state index contributed by atoms with van der Waals surface area (Å²) in [5.41, 5.74) is 0.328. The predicted octanol–water partition coefficient (Wildman–Crippen LogP) is 1.74. The van der Waals surface area contributed by atoms with Gasteiger partial charge in [-0.15, -0.1) is 11.8 Å². The third-order valence-electron chi connectivity index (χ3n) is 4.04. The van der Waals surface area contributed by atoms with E-state index >= 15 is 0 Å². The molecular weight excluding hydrogens is 368 g/mol. The van der Waals surface area contributed by atoms with Crippen molar-refractivity contribution in [2.75, 3.05) is 23.1 Å². The quantitative estimate of drug-likeness (QED) is 0.839. The maximum Gasteiger partial charge on any atom is 0.292 e. The van der Waals surface area contributed by atoms with E-state index in [9.17, 15) is 14.4 Å². The number of rotatable bonds is 5. The standard InChI is InChI=1S/C18H20N4O4S/c1-11(2)22-16(24)10-27-14-8-19-21(18(25)17(14)22)9-15(23)20-12-6-4-5-7-13(12)26-3/h4-8,11H,9-10H2,1-3H3,(H,20,23). The van der Waals surface area contributed by atoms with Crippen LogP contribution in [-0.2, 0) is 16.1 Å². The molecule has 3 rings (SSSR count). The fraction of sp³-hybridized carbons (Fsp3) is 0.333. The number of amides is 2. The Morgan fingerprint density at radius 3 is 2.78 bits per heavy atom. The molecule has 2 amide bonds. The first-order valence-electron chi connectivity index (χ1n) is 8.40. The Labute approximate surface area is 160 Å². The minimum atomic E-state index is -0.461. The monoisotopic (exact) mass is 388 g/mol. The molecule has 0 fully saturated rings. The first-order chi connectivity index (χ1) is 12.9. The molecule has 1 N–H and O–H groups in total. The van der Waals surface area contributed by atoms with E-state index in [0.29, 0.717) is 16.3 Å². The molecule has 2 aromatic rings. The van der Waals surface area contributed by atoms with Crippen LogP contribution in [0.3, 0.4) is 0 Å². The Morgan fingerprint density at radius 2 is 2.07 bits per heavy atom. The van der Waals surface area contributed by atoms with Crippen molar-refractivity contribution in [3.63, 3.8) is 0 Å². The maximum absolute atomic E-state index is 12.9. The number of para-hydroxylation sites is 2. The van der Waals surface area contributed by atoms with Crippen LogP contribution in [-0.4, -0.2) is 40.5 Å². The van der Waals surface area contributed by atoms with Crippen LogP contribution in [0.2, 0.25) is 0 Å². The zero-order valence-electron chi connectivity index (χ0n) is 15.3. The Balaban J connectivity index is 1.87. The van der Waals surface area contributed by atoms with Crippen LogP contribution < -0.4 is 20.5 Å². The van der Waals surface area contributed by atoms with E-state index < -0.39 is 11.5 Å². The molecule has 1 aromatic carbocycles. The van der Waals surface area contributed by atoms with Crippen LogP contribution in [0, 0.1) is 0 Å². The lowest BCUT2D eigenvalue weighted by Crippen LogP contribution is -2.45. The summed E-state index contributed by atoms with van der Waals surface area (Å²) in [5.74, 6) is 0.241. The number of methoxy groups -OCH3 is 1. The summed E-state index contributed by atoms with van der Waals surface area (Å²) >= 11 is 1.28. The molecule has 0 saturated carbocycles. The lowest BCUT2D eigenvalue weighted by molar-refractivity contribution is -0.117. The Morgan fingerprint density at radius 1 is 1.33 bits per heavy atom. The summed E-state index contributed by atoms with van der Waals surface area (Å²) in [6.07, 6.45) is 1.53. The molecule has 0 radical (unpaired) electrons. The molecule has 0 atom stereocenters. The number of nitrogens with zero attached hydrogens (tertiary/aromatic N) is 3. The van der Waals surface area contributed by atoms with Gasteiger partial charge in [-0.05, 0) is 26.0 Å². The van der Waals surface area contributed by atoms with Gasteiger partial charge in [0.05, 0.1) is 29.6 Å². The van der Waals surface area contributed by atoms with E-state index in [1.807, 2.05) is 13.8 Å². The summed E-state index contributed by atoms with van der Waals surface area (Å²) < 4.78 is 6.27. The van der Waals surface area contributed by atoms with Crippen molar-refractivity contribution >= 4 is 35.0 Å². The number of benzene rings is 1. The molecule has 1 aliphatic rings. The molecule has 1 aromatic heterocycles. The number of aromatic nitrogens is 2. The van der Waals surface area contributed by atoms with Crippen LogP contribution in [0.1, 0.15) is 13.8 Å². The van der Waals surface area contributed by atoms with Gasteiger partial charge in [-0.25, -0.2) is 4.68 Å². The van der Waals surface area contributed by atoms with Crippen LogP contribution in [0.5, 0.6) is 5.75 Å². The molecule has 0 bridgehead atoms. The van der Waals surface area contributed by atoms with Crippen molar-refractivity contribution in [2.24, 2.45) is 0 Å². The molecule has 27 heavy (non-hydrogen) atoms. The number of hydrogen-bond acceptors (Lipinski definition) is 6. The van der Waals surface area contributed by atoms with E-state index in [0.717, 1.165) is 4.68 Å². The minimum absolute atomic E-state index is 0.129. The van der Waals surface area contributed by atoms with E-state index in [1.165, 1.54) is 30.0 Å². The summed E-state index contributed by atoms with van der Waals surface area (Å²) in [7, 11) is 1.51. The van der Waals surface area contributed by atoms with Crippen LogP contribution in [0.25, 0.3) is 0 Å². The molecule has 8 nitrogen and oxygen atoms in total. The van der Waals surface area contributed by atoms with Gasteiger partial charge in [0.2, 0.25) is 11.8 Å². The highest BCUT2D eigenvalue weighted by molar-refractivity contribution is 8.00. The summed E-state index contributed by atoms with van der Waals surface area (Å²) in [6, 6.07) is 6.82. The number of fused-ring (bicyclic) bond motifs is 1. The van der Waals surface area contributed by atoms with Crippen molar-refractivity contribution in [3.8, 4) is 5.75 Å². The van der Waals surface area contributed by atoms with Crippen molar-refractivity contribution in [1.29, 1.82) is 0 Å². The number of anilines is 2. The van der Waals surface area contributed by atoms with Crippen molar-refractivity contribution in [2.45, 2.75) is 31.3 Å². The second-order valence-electron chi connectivity index (χ2n) is 6.21. The van der Waals surface area contributed by atoms with Crippen LogP contribution in [0.4, 0.5) is 11.4 Å². The molecule has 9 heteroatoms. The van der Waals surface area contributed by atoms with Gasteiger partial charge in [-0.1, -0.05) is 12.1 Å². The highest BCUT2D eigenvalue weighted by Gasteiger charge is 2.31. The fourth-order valence-corrected chi connectivity index (χ4v) is 3.72. The van der Waals surface area contributed by atoms with Gasteiger partial charge in [0, 0.05) is 6.04 Å². The average molecular weight is 388 g/mol. The zero-order chi connectivity index (χ0) is 19.6. The van der Waals surface area contributed by atoms with Crippen molar-refractivity contribution in [3.05, 3.63) is 40.8 Å². The van der Waals surface area contributed by atoms with Gasteiger partial charge in [-0.3, -0.25) is 14.4 Å². The maximum atomic E-state index is 12.9. The van der Waals surface area contributed by atoms with E-state index in [2.05, 4.69) is 10.4 Å². The van der Waals surface area contributed by atoms with Gasteiger partial charge >= 0.3 is 0 Å². The number of carbonyl (C=O) groups excluding carboxylic acids is 2. The molecule has 0 unspecified atom stereocenters. The molecular formula is C18H20N4O4S. The third-order valence-corrected chi connectivity index (χ3v) is 5.04. The van der Waals surface area contributed by atoms with Gasteiger partial charge < -0.3 is 15.0 Å². The smallest absolute Gasteiger partial charge is 0.292 e. The minimum Gasteiger partial charge on any atom is -0.495 e. The Bertz CT molecular complexity index is 941. The van der Waals surface area contributed by atoms with Crippen molar-refractivity contribution in [1.82, 2.24) is 9.78 Å². The number of hydrogen-bond donors (Lipinski definition) is 1.